The summed E-state index contributed by atoms with van der Waals surface area (Å²) in [5.74, 6) is -0.783. The monoisotopic (exact) mass is 432 g/mol. The molecule has 3 rings (SSSR count). The second-order valence-corrected chi connectivity index (χ2v) is 7.40. The standard InChI is InChI=1S/C20H28N6O5/c27-17(28)12-16(15-2-1-5-21-13-15)25-18(29)14-3-9-26(10-4-14)20(30)31-11-8-24-19-22-6-7-23-19/h1-2,5,13-14,16H,3-4,6-12H2,(H,25,29)(H,27,28)(H2,22,23,24)/t16-/m1/s1. The number of piperidine rings is 1. The fraction of sp³-hybridized carbons (Fsp3) is 0.550. The fourth-order valence-corrected chi connectivity index (χ4v) is 3.54. The lowest BCUT2D eigenvalue weighted by molar-refractivity contribution is -0.138. The second-order valence-electron chi connectivity index (χ2n) is 7.40. The number of nitrogens with zero attached hydrogens (tertiary/aromatic N) is 3. The van der Waals surface area contributed by atoms with Crippen LogP contribution in [-0.4, -0.2) is 78.3 Å². The molecular formula is C20H28N6O5. The molecule has 1 aromatic heterocycles. The van der Waals surface area contributed by atoms with Crippen molar-refractivity contribution in [3.8, 4) is 0 Å². The number of aromatic nitrogens is 1. The van der Waals surface area contributed by atoms with Crippen LogP contribution in [0, 0.1) is 5.92 Å². The van der Waals surface area contributed by atoms with E-state index < -0.39 is 18.1 Å². The molecule has 1 saturated heterocycles. The number of aliphatic carboxylic acids is 1. The molecular weight excluding hydrogens is 404 g/mol. The van der Waals surface area contributed by atoms with Crippen LogP contribution in [-0.2, 0) is 14.3 Å². The molecule has 168 valence electrons. The number of guanidine groups is 1. The Labute approximate surface area is 180 Å². The minimum atomic E-state index is -1.00. The zero-order chi connectivity index (χ0) is 22.1. The molecule has 0 aliphatic carbocycles. The van der Waals surface area contributed by atoms with Crippen molar-refractivity contribution in [1.82, 2.24) is 25.8 Å². The highest BCUT2D eigenvalue weighted by Crippen LogP contribution is 2.21. The van der Waals surface area contributed by atoms with Gasteiger partial charge in [-0.25, -0.2) is 4.79 Å². The van der Waals surface area contributed by atoms with Crippen LogP contribution in [0.5, 0.6) is 0 Å². The Kier molecular flexibility index (Phi) is 8.02. The maximum atomic E-state index is 12.7. The molecule has 0 bridgehead atoms. The van der Waals surface area contributed by atoms with Crippen LogP contribution in [0.2, 0.25) is 0 Å². The Morgan fingerprint density at radius 1 is 1.32 bits per heavy atom. The van der Waals surface area contributed by atoms with Crippen molar-refractivity contribution >= 4 is 23.9 Å². The summed E-state index contributed by atoms with van der Waals surface area (Å²) in [5, 5.41) is 18.1. The first-order valence-corrected chi connectivity index (χ1v) is 10.4. The minimum absolute atomic E-state index is 0.211. The van der Waals surface area contributed by atoms with E-state index in [9.17, 15) is 19.5 Å². The summed E-state index contributed by atoms with van der Waals surface area (Å²) in [6, 6.07) is 2.80. The number of carboxylic acids is 1. The van der Waals surface area contributed by atoms with Crippen LogP contribution in [0.4, 0.5) is 4.79 Å². The summed E-state index contributed by atoms with van der Waals surface area (Å²) in [5.41, 5.74) is 0.645. The van der Waals surface area contributed by atoms with Crippen molar-refractivity contribution in [2.24, 2.45) is 10.9 Å². The van der Waals surface area contributed by atoms with Crippen molar-refractivity contribution in [2.75, 3.05) is 39.3 Å². The van der Waals surface area contributed by atoms with E-state index in [0.717, 1.165) is 19.0 Å². The average Bonchev–Trinajstić information content (AvgIpc) is 3.30. The lowest BCUT2D eigenvalue weighted by atomic mass is 9.95. The minimum Gasteiger partial charge on any atom is -0.481 e. The number of rotatable bonds is 8. The van der Waals surface area contributed by atoms with Crippen LogP contribution < -0.4 is 16.0 Å². The number of nitrogens with one attached hydrogen (secondary N) is 3. The summed E-state index contributed by atoms with van der Waals surface area (Å²) in [7, 11) is 0. The SMILES string of the molecule is O=C(O)C[C@@H](NC(=O)C1CCN(C(=O)OCCNC2=NCCN2)CC1)c1cccnc1. The third kappa shape index (κ3) is 6.83. The van der Waals surface area contributed by atoms with E-state index in [2.05, 4.69) is 25.9 Å². The molecule has 0 saturated carbocycles. The highest BCUT2D eigenvalue weighted by atomic mass is 16.6. The number of carbonyl (C=O) groups is 3. The number of carbonyl (C=O) groups excluding carboxylic acids is 2. The predicted octanol–water partition coefficient (Wildman–Crippen LogP) is 0.111. The molecule has 0 radical (unpaired) electrons. The fourth-order valence-electron chi connectivity index (χ4n) is 3.54. The molecule has 31 heavy (non-hydrogen) atoms. The number of hydrogen-bond acceptors (Lipinski definition) is 8. The number of pyridine rings is 1. The lowest BCUT2D eigenvalue weighted by Gasteiger charge is -2.31. The van der Waals surface area contributed by atoms with Crippen LogP contribution in [0.25, 0.3) is 0 Å². The first-order chi connectivity index (χ1) is 15.0. The normalized spacial score (nSPS) is 17.3. The largest absolute Gasteiger partial charge is 0.481 e. The van der Waals surface area contributed by atoms with E-state index in [1.165, 1.54) is 0 Å². The molecule has 0 aromatic carbocycles. The molecule has 0 unspecified atom stereocenters. The highest BCUT2D eigenvalue weighted by molar-refractivity contribution is 5.81. The summed E-state index contributed by atoms with van der Waals surface area (Å²) < 4.78 is 5.27. The van der Waals surface area contributed by atoms with Crippen LogP contribution >= 0.6 is 0 Å². The van der Waals surface area contributed by atoms with Gasteiger partial charge in [0.15, 0.2) is 5.96 Å². The van der Waals surface area contributed by atoms with Gasteiger partial charge in [-0.15, -0.1) is 0 Å². The molecule has 1 fully saturated rings. The molecule has 1 aromatic rings. The van der Waals surface area contributed by atoms with Crippen LogP contribution in [0.15, 0.2) is 29.5 Å². The first kappa shape index (κ1) is 22.3. The highest BCUT2D eigenvalue weighted by Gasteiger charge is 2.30. The van der Waals surface area contributed by atoms with Gasteiger partial charge in [0.25, 0.3) is 0 Å². The molecule has 11 nitrogen and oxygen atoms in total. The van der Waals surface area contributed by atoms with Gasteiger partial charge in [-0.1, -0.05) is 6.07 Å². The Morgan fingerprint density at radius 3 is 2.77 bits per heavy atom. The summed E-state index contributed by atoms with van der Waals surface area (Å²) in [4.78, 5) is 45.9. The Bertz CT molecular complexity index is 795. The number of aliphatic imine (C=N–C) groups is 1. The molecule has 0 spiro atoms. The van der Waals surface area contributed by atoms with E-state index in [4.69, 9.17) is 4.74 Å². The summed E-state index contributed by atoms with van der Waals surface area (Å²) >= 11 is 0. The van der Waals surface area contributed by atoms with Crippen LogP contribution in [0.1, 0.15) is 30.9 Å². The van der Waals surface area contributed by atoms with Gasteiger partial charge in [-0.3, -0.25) is 19.6 Å². The second kappa shape index (κ2) is 11.1. The number of hydrogen-bond donors (Lipinski definition) is 4. The molecule has 3 heterocycles. The summed E-state index contributed by atoms with van der Waals surface area (Å²) in [6.07, 6.45) is 3.50. The van der Waals surface area contributed by atoms with Gasteiger partial charge in [-0.2, -0.15) is 0 Å². The van der Waals surface area contributed by atoms with Crippen molar-refractivity contribution in [3.63, 3.8) is 0 Å². The van der Waals surface area contributed by atoms with Gasteiger partial charge in [0.05, 0.1) is 25.6 Å². The van der Waals surface area contributed by atoms with E-state index in [-0.39, 0.29) is 24.9 Å². The number of likely N-dealkylation sites (tertiary alicyclic amines) is 1. The third-order valence-corrected chi connectivity index (χ3v) is 5.20. The van der Waals surface area contributed by atoms with Crippen molar-refractivity contribution < 1.29 is 24.2 Å². The van der Waals surface area contributed by atoms with Gasteiger partial charge in [0, 0.05) is 37.9 Å². The van der Waals surface area contributed by atoms with Gasteiger partial charge >= 0.3 is 12.1 Å². The number of ether oxygens (including phenoxy) is 1. The number of amides is 2. The van der Waals surface area contributed by atoms with E-state index in [1.807, 2.05) is 0 Å². The Hall–Kier alpha value is -3.37. The van der Waals surface area contributed by atoms with E-state index >= 15 is 0 Å². The quantitative estimate of drug-likeness (QED) is 0.424. The van der Waals surface area contributed by atoms with Crippen molar-refractivity contribution in [2.45, 2.75) is 25.3 Å². The Morgan fingerprint density at radius 2 is 2.13 bits per heavy atom. The summed E-state index contributed by atoms with van der Waals surface area (Å²) in [6.45, 7) is 3.07. The molecule has 11 heteroatoms. The van der Waals surface area contributed by atoms with Gasteiger partial charge < -0.3 is 30.7 Å². The zero-order valence-corrected chi connectivity index (χ0v) is 17.2. The molecule has 4 N–H and O–H groups in total. The maximum absolute atomic E-state index is 12.7. The Balaban J connectivity index is 1.40. The zero-order valence-electron chi connectivity index (χ0n) is 17.2. The third-order valence-electron chi connectivity index (χ3n) is 5.20. The number of carboxylic acid groups (broad SMARTS) is 1. The smallest absolute Gasteiger partial charge is 0.409 e. The predicted molar refractivity (Wildman–Crippen MR) is 111 cm³/mol. The van der Waals surface area contributed by atoms with Gasteiger partial charge in [0.2, 0.25) is 5.91 Å². The van der Waals surface area contributed by atoms with Crippen molar-refractivity contribution in [3.05, 3.63) is 30.1 Å². The van der Waals surface area contributed by atoms with Crippen LogP contribution in [0.3, 0.4) is 0 Å². The first-order valence-electron chi connectivity index (χ1n) is 10.4. The average molecular weight is 432 g/mol. The topological polar surface area (TPSA) is 145 Å². The molecule has 2 aliphatic heterocycles. The lowest BCUT2D eigenvalue weighted by Crippen LogP contribution is -2.44. The van der Waals surface area contributed by atoms with E-state index in [1.54, 1.807) is 29.4 Å². The van der Waals surface area contributed by atoms with Gasteiger partial charge in [-0.05, 0) is 24.5 Å². The molecule has 2 amide bonds. The molecule has 2 aliphatic rings. The van der Waals surface area contributed by atoms with Gasteiger partial charge in [0.1, 0.15) is 6.61 Å². The molecule has 1 atom stereocenters. The van der Waals surface area contributed by atoms with E-state index in [0.29, 0.717) is 38.0 Å². The van der Waals surface area contributed by atoms with Crippen molar-refractivity contribution in [1.29, 1.82) is 0 Å². The maximum Gasteiger partial charge on any atom is 0.409 e.